The van der Waals surface area contributed by atoms with Gasteiger partial charge in [-0.1, -0.05) is 164 Å². The van der Waals surface area contributed by atoms with Gasteiger partial charge >= 0.3 is 0 Å². The number of pyridine rings is 3. The lowest BCUT2D eigenvalue weighted by Gasteiger charge is -2.11. The van der Waals surface area contributed by atoms with Crippen molar-refractivity contribution in [2.45, 2.75) is 6.92 Å². The van der Waals surface area contributed by atoms with Crippen LogP contribution in [0.25, 0.3) is 99.7 Å². The molecule has 258 valence electrons. The van der Waals surface area contributed by atoms with Gasteiger partial charge in [-0.25, -0.2) is 15.0 Å². The van der Waals surface area contributed by atoms with Crippen LogP contribution >= 0.6 is 0 Å². The first-order valence-corrected chi connectivity index (χ1v) is 18.6. The van der Waals surface area contributed by atoms with Gasteiger partial charge in [-0.15, -0.1) is 0 Å². The highest BCUT2D eigenvalue weighted by molar-refractivity contribution is 6.05. The standard InChI is InChI=1S/C52H35N3/c1-33(43-18-8-12-36-10-3-5-16-44(36)43)20-21-35-22-23-38-26-29-47(53-50(38)34(35)2)41-14-7-15-42(32-41)48-30-27-39-24-25-40-28-31-49(55-52(40)51(39)54-48)46-19-9-13-37-11-4-6-17-45(37)46/h3-32H,1H2,2H3/b21-20-. The predicted molar refractivity (Wildman–Crippen MR) is 233 cm³/mol. The Bertz CT molecular complexity index is 3180. The van der Waals surface area contributed by atoms with E-state index >= 15 is 0 Å². The van der Waals surface area contributed by atoms with Crippen LogP contribution in [0.15, 0.2) is 183 Å². The molecule has 0 amide bonds. The lowest BCUT2D eigenvalue weighted by atomic mass is 9.97. The molecule has 0 spiro atoms. The Morgan fingerprint density at radius 1 is 0.455 bits per heavy atom. The Kier molecular flexibility index (Phi) is 7.85. The van der Waals surface area contributed by atoms with Crippen LogP contribution in [0.4, 0.5) is 0 Å². The molecule has 55 heavy (non-hydrogen) atoms. The summed E-state index contributed by atoms with van der Waals surface area (Å²) in [6.45, 7) is 6.57. The first kappa shape index (κ1) is 32.4. The molecule has 0 N–H and O–H groups in total. The number of benzene rings is 7. The minimum atomic E-state index is 0.894. The zero-order valence-corrected chi connectivity index (χ0v) is 30.4. The quantitative estimate of drug-likeness (QED) is 0.128. The minimum Gasteiger partial charge on any atom is -0.247 e. The third-order valence-corrected chi connectivity index (χ3v) is 10.8. The van der Waals surface area contributed by atoms with Crippen molar-refractivity contribution in [3.8, 4) is 33.8 Å². The van der Waals surface area contributed by atoms with Crippen molar-refractivity contribution in [1.29, 1.82) is 0 Å². The summed E-state index contributed by atoms with van der Waals surface area (Å²) in [6.07, 6.45) is 4.27. The molecule has 0 bridgehead atoms. The van der Waals surface area contributed by atoms with Gasteiger partial charge in [0, 0.05) is 32.8 Å². The number of hydrogen-bond acceptors (Lipinski definition) is 3. The highest BCUT2D eigenvalue weighted by Gasteiger charge is 2.13. The van der Waals surface area contributed by atoms with Gasteiger partial charge in [-0.2, -0.15) is 0 Å². The number of allylic oxidation sites excluding steroid dienone is 2. The first-order chi connectivity index (χ1) is 27.1. The van der Waals surface area contributed by atoms with Gasteiger partial charge in [0.1, 0.15) is 0 Å². The molecular formula is C52H35N3. The van der Waals surface area contributed by atoms with Crippen molar-refractivity contribution >= 4 is 65.9 Å². The molecule has 0 atom stereocenters. The van der Waals surface area contributed by atoms with Crippen molar-refractivity contribution < 1.29 is 0 Å². The van der Waals surface area contributed by atoms with Gasteiger partial charge in [0.2, 0.25) is 0 Å². The average molecular weight is 702 g/mol. The molecular weight excluding hydrogens is 667 g/mol. The molecule has 3 aromatic heterocycles. The van der Waals surface area contributed by atoms with E-state index in [1.165, 1.54) is 21.5 Å². The summed E-state index contributed by atoms with van der Waals surface area (Å²) in [7, 11) is 0. The van der Waals surface area contributed by atoms with E-state index in [0.29, 0.717) is 0 Å². The van der Waals surface area contributed by atoms with E-state index < -0.39 is 0 Å². The molecule has 0 aliphatic rings. The van der Waals surface area contributed by atoms with Crippen LogP contribution in [0.1, 0.15) is 16.7 Å². The van der Waals surface area contributed by atoms with E-state index in [4.69, 9.17) is 15.0 Å². The van der Waals surface area contributed by atoms with Gasteiger partial charge in [-0.3, -0.25) is 0 Å². The van der Waals surface area contributed by atoms with Crippen LogP contribution in [-0.2, 0) is 0 Å². The first-order valence-electron chi connectivity index (χ1n) is 18.6. The molecule has 10 aromatic rings. The van der Waals surface area contributed by atoms with Gasteiger partial charge in [-0.05, 0) is 75.0 Å². The molecule has 3 heteroatoms. The predicted octanol–water partition coefficient (Wildman–Crippen LogP) is 13.7. The average Bonchev–Trinajstić information content (AvgIpc) is 3.25. The molecule has 0 radical (unpaired) electrons. The highest BCUT2D eigenvalue weighted by Crippen LogP contribution is 2.34. The Hall–Kier alpha value is -7.23. The largest absolute Gasteiger partial charge is 0.247 e. The van der Waals surface area contributed by atoms with E-state index in [-0.39, 0.29) is 0 Å². The Morgan fingerprint density at radius 2 is 0.964 bits per heavy atom. The van der Waals surface area contributed by atoms with Crippen LogP contribution in [0.3, 0.4) is 0 Å². The molecule has 0 saturated heterocycles. The zero-order chi connectivity index (χ0) is 36.9. The van der Waals surface area contributed by atoms with Crippen molar-refractivity contribution in [3.05, 3.63) is 199 Å². The third-order valence-electron chi connectivity index (χ3n) is 10.8. The molecule has 3 heterocycles. The van der Waals surface area contributed by atoms with E-state index in [0.717, 1.165) is 88.7 Å². The maximum absolute atomic E-state index is 5.26. The summed E-state index contributed by atoms with van der Waals surface area (Å²) in [5.41, 5.74) is 13.1. The zero-order valence-electron chi connectivity index (χ0n) is 30.4. The molecule has 10 rings (SSSR count). The van der Waals surface area contributed by atoms with Crippen molar-refractivity contribution in [2.24, 2.45) is 0 Å². The molecule has 0 aliphatic carbocycles. The fourth-order valence-electron chi connectivity index (χ4n) is 7.84. The van der Waals surface area contributed by atoms with Crippen LogP contribution < -0.4 is 0 Å². The van der Waals surface area contributed by atoms with Crippen molar-refractivity contribution in [2.75, 3.05) is 0 Å². The van der Waals surface area contributed by atoms with Crippen LogP contribution in [0.2, 0.25) is 0 Å². The van der Waals surface area contributed by atoms with E-state index in [9.17, 15) is 0 Å². The van der Waals surface area contributed by atoms with Crippen molar-refractivity contribution in [1.82, 2.24) is 15.0 Å². The maximum Gasteiger partial charge on any atom is 0.0972 e. The fourth-order valence-corrected chi connectivity index (χ4v) is 7.84. The fraction of sp³-hybridized carbons (Fsp3) is 0.0192. The highest BCUT2D eigenvalue weighted by atomic mass is 14.8. The summed E-state index contributed by atoms with van der Waals surface area (Å²) in [5.74, 6) is 0. The molecule has 7 aromatic carbocycles. The summed E-state index contributed by atoms with van der Waals surface area (Å²) in [5, 5.41) is 8.05. The Labute approximate surface area is 319 Å². The number of fused-ring (bicyclic) bond motifs is 6. The summed E-state index contributed by atoms with van der Waals surface area (Å²) >= 11 is 0. The second-order valence-electron chi connectivity index (χ2n) is 14.1. The van der Waals surface area contributed by atoms with Crippen molar-refractivity contribution in [3.63, 3.8) is 0 Å². The molecule has 0 aliphatic heterocycles. The Balaban J connectivity index is 0.996. The number of aryl methyl sites for hydroxylation is 1. The third kappa shape index (κ3) is 5.83. The van der Waals surface area contributed by atoms with Gasteiger partial charge in [0.05, 0.1) is 33.6 Å². The summed E-state index contributed by atoms with van der Waals surface area (Å²) in [4.78, 5) is 15.7. The van der Waals surface area contributed by atoms with Crippen LogP contribution in [0.5, 0.6) is 0 Å². The monoisotopic (exact) mass is 701 g/mol. The van der Waals surface area contributed by atoms with Crippen LogP contribution in [0, 0.1) is 6.92 Å². The SMILES string of the molecule is C=C(/C=C\c1ccc2ccc(-c3cccc(-c4ccc5ccc6ccc(-c7cccc8ccccc78)nc6c5n4)c3)nc2c1C)c1cccc2ccccc12. The smallest absolute Gasteiger partial charge is 0.0972 e. The second-order valence-corrected chi connectivity index (χ2v) is 14.1. The summed E-state index contributed by atoms with van der Waals surface area (Å²) < 4.78 is 0. The number of nitrogens with zero attached hydrogens (tertiary/aromatic N) is 3. The normalized spacial score (nSPS) is 11.7. The lowest BCUT2D eigenvalue weighted by molar-refractivity contribution is 1.34. The van der Waals surface area contributed by atoms with Gasteiger partial charge in [0.25, 0.3) is 0 Å². The minimum absolute atomic E-state index is 0.894. The van der Waals surface area contributed by atoms with E-state index in [2.05, 4.69) is 196 Å². The van der Waals surface area contributed by atoms with E-state index in [1.54, 1.807) is 0 Å². The number of hydrogen-bond donors (Lipinski definition) is 0. The lowest BCUT2D eigenvalue weighted by Crippen LogP contribution is -1.93. The van der Waals surface area contributed by atoms with Gasteiger partial charge in [0.15, 0.2) is 0 Å². The molecule has 0 fully saturated rings. The summed E-state index contributed by atoms with van der Waals surface area (Å²) in [6, 6.07) is 59.6. The number of rotatable bonds is 6. The maximum atomic E-state index is 5.26. The van der Waals surface area contributed by atoms with E-state index in [1.807, 2.05) is 0 Å². The topological polar surface area (TPSA) is 38.7 Å². The molecule has 0 saturated carbocycles. The van der Waals surface area contributed by atoms with Gasteiger partial charge < -0.3 is 0 Å². The second kappa shape index (κ2) is 13.3. The molecule has 0 unspecified atom stereocenters. The Morgan fingerprint density at radius 3 is 1.69 bits per heavy atom. The number of aromatic nitrogens is 3. The molecule has 3 nitrogen and oxygen atoms in total. The van der Waals surface area contributed by atoms with Crippen LogP contribution in [-0.4, -0.2) is 15.0 Å².